The van der Waals surface area contributed by atoms with Crippen molar-refractivity contribution in [1.82, 2.24) is 0 Å². The zero-order valence-electron chi connectivity index (χ0n) is 17.6. The predicted octanol–water partition coefficient (Wildman–Crippen LogP) is 4.16. The van der Waals surface area contributed by atoms with Gasteiger partial charge in [-0.25, -0.2) is 0 Å². The smallest absolute Gasteiger partial charge is 0.353 e. The van der Waals surface area contributed by atoms with Crippen molar-refractivity contribution >= 4 is 23.3 Å². The van der Waals surface area contributed by atoms with Crippen molar-refractivity contribution in [2.24, 2.45) is 0 Å². The molecule has 0 bridgehead atoms. The van der Waals surface area contributed by atoms with Gasteiger partial charge in [0.25, 0.3) is 5.91 Å². The average Bonchev–Trinajstić information content (AvgIpc) is 2.75. The molecule has 1 amide bonds. The average molecular weight is 468 g/mol. The molecule has 3 aromatic rings. The van der Waals surface area contributed by atoms with Crippen molar-refractivity contribution in [2.45, 2.75) is 19.3 Å². The fourth-order valence-corrected chi connectivity index (χ4v) is 3.14. The van der Waals surface area contributed by atoms with E-state index in [2.05, 4.69) is 5.32 Å². The van der Waals surface area contributed by atoms with E-state index in [-0.39, 0.29) is 12.1 Å². The molecule has 11 heteroatoms. The number of hydrogen-bond donors (Lipinski definition) is 5. The Hall–Kier alpha value is -4.80. The highest BCUT2D eigenvalue weighted by molar-refractivity contribution is 6.09. The van der Waals surface area contributed by atoms with Crippen LogP contribution in [0.3, 0.4) is 0 Å². The number of benzene rings is 3. The summed E-state index contributed by atoms with van der Waals surface area (Å²) in [5, 5.41) is 51.5. The maximum atomic E-state index is 12.5. The molecule has 0 atom stereocenters. The van der Waals surface area contributed by atoms with E-state index in [4.69, 9.17) is 9.84 Å². The first-order chi connectivity index (χ1) is 16.2. The molecule has 0 aliphatic rings. The molecular weight excluding hydrogens is 448 g/mol. The third-order valence-corrected chi connectivity index (χ3v) is 4.77. The summed E-state index contributed by atoms with van der Waals surface area (Å²) in [6.45, 7) is 0. The van der Waals surface area contributed by atoms with E-state index in [0.29, 0.717) is 30.4 Å². The highest BCUT2D eigenvalue weighted by Gasteiger charge is 2.30. The first kappa shape index (κ1) is 23.9. The summed E-state index contributed by atoms with van der Waals surface area (Å²) in [6, 6.07) is 13.8. The third kappa shape index (κ3) is 5.71. The summed E-state index contributed by atoms with van der Waals surface area (Å²) in [4.78, 5) is 33.0. The summed E-state index contributed by atoms with van der Waals surface area (Å²) < 4.78 is 5.72. The summed E-state index contributed by atoms with van der Waals surface area (Å²) in [6.07, 6.45) is 1.27. The summed E-state index contributed by atoms with van der Waals surface area (Å²) in [5.74, 6) is -3.84. The fraction of sp³-hybridized carbons (Fsp3) is 0.130. The summed E-state index contributed by atoms with van der Waals surface area (Å²) >= 11 is 0. The number of nitro benzene ring substituents is 1. The van der Waals surface area contributed by atoms with E-state index >= 15 is 0 Å². The summed E-state index contributed by atoms with van der Waals surface area (Å²) in [7, 11) is 0. The van der Waals surface area contributed by atoms with Gasteiger partial charge in [0.05, 0.1) is 4.92 Å². The lowest BCUT2D eigenvalue weighted by Gasteiger charge is -2.11. The Kier molecular flexibility index (Phi) is 7.16. The summed E-state index contributed by atoms with van der Waals surface area (Å²) in [5.41, 5.74) is -0.624. The van der Waals surface area contributed by atoms with Crippen LogP contribution >= 0.6 is 0 Å². The van der Waals surface area contributed by atoms with Crippen LogP contribution in [0.4, 0.5) is 11.4 Å². The van der Waals surface area contributed by atoms with Crippen molar-refractivity contribution in [1.29, 1.82) is 0 Å². The quantitative estimate of drug-likeness (QED) is 0.227. The minimum atomic E-state index is -1.16. The van der Waals surface area contributed by atoms with Crippen molar-refractivity contribution < 1.29 is 39.7 Å². The second kappa shape index (κ2) is 10.2. The Morgan fingerprint density at radius 3 is 2.09 bits per heavy atom. The molecule has 0 saturated heterocycles. The standard InChI is InChI=1S/C23H20N2O9/c26-17-12-18(27)21(25(32)33)22(30)20(17)23(31)24-14-6-10-16(11-7-14)34-15-8-4-13(5-9-15)2-1-3-19(28)29/h4-12,26-27,30H,1-3H2,(H,24,31)(H,28,29). The van der Waals surface area contributed by atoms with Gasteiger partial charge in [-0.15, -0.1) is 0 Å². The van der Waals surface area contributed by atoms with Crippen LogP contribution in [-0.2, 0) is 11.2 Å². The van der Waals surface area contributed by atoms with Crippen molar-refractivity contribution in [3.63, 3.8) is 0 Å². The monoisotopic (exact) mass is 468 g/mol. The van der Waals surface area contributed by atoms with Crippen molar-refractivity contribution in [3.8, 4) is 28.7 Å². The number of phenols is 3. The highest BCUT2D eigenvalue weighted by atomic mass is 16.6. The van der Waals surface area contributed by atoms with Crippen LogP contribution in [0.2, 0.25) is 0 Å². The van der Waals surface area contributed by atoms with Crippen LogP contribution in [0, 0.1) is 10.1 Å². The molecular formula is C23H20N2O9. The SMILES string of the molecule is O=C(O)CCCc1ccc(Oc2ccc(NC(=O)c3c(O)cc(O)c([N+](=O)[O-])c3O)cc2)cc1. The number of ether oxygens (including phenoxy) is 1. The van der Waals surface area contributed by atoms with E-state index < -0.39 is 45.3 Å². The second-order valence-corrected chi connectivity index (χ2v) is 7.22. The lowest BCUT2D eigenvalue weighted by Crippen LogP contribution is -2.13. The Bertz CT molecular complexity index is 1220. The number of anilines is 1. The first-order valence-corrected chi connectivity index (χ1v) is 9.98. The van der Waals surface area contributed by atoms with E-state index in [1.54, 1.807) is 24.3 Å². The van der Waals surface area contributed by atoms with Crippen LogP contribution in [0.1, 0.15) is 28.8 Å². The first-order valence-electron chi connectivity index (χ1n) is 9.98. The number of nitro groups is 1. The van der Waals surface area contributed by atoms with Crippen molar-refractivity contribution in [3.05, 3.63) is 75.8 Å². The van der Waals surface area contributed by atoms with Gasteiger partial charge in [-0.1, -0.05) is 12.1 Å². The number of phenolic OH excluding ortho intramolecular Hbond substituents is 3. The minimum Gasteiger partial charge on any atom is -0.507 e. The van der Waals surface area contributed by atoms with Crippen molar-refractivity contribution in [2.75, 3.05) is 5.32 Å². The number of aliphatic carboxylic acids is 1. The van der Waals surface area contributed by atoms with E-state index in [1.165, 1.54) is 12.1 Å². The molecule has 0 heterocycles. The van der Waals surface area contributed by atoms with Gasteiger partial charge in [-0.2, -0.15) is 0 Å². The van der Waals surface area contributed by atoms with E-state index in [1.807, 2.05) is 12.1 Å². The van der Waals surface area contributed by atoms with Crippen LogP contribution in [-0.4, -0.2) is 37.2 Å². The number of nitrogens with one attached hydrogen (secondary N) is 1. The molecule has 0 saturated carbocycles. The molecule has 3 rings (SSSR count). The highest BCUT2D eigenvalue weighted by Crippen LogP contribution is 2.43. The zero-order valence-corrected chi connectivity index (χ0v) is 17.6. The maximum Gasteiger partial charge on any atom is 0.353 e. The zero-order chi connectivity index (χ0) is 24.8. The normalized spacial score (nSPS) is 10.5. The number of rotatable bonds is 9. The van der Waals surface area contributed by atoms with Gasteiger partial charge < -0.3 is 30.5 Å². The molecule has 0 aromatic heterocycles. The lowest BCUT2D eigenvalue weighted by atomic mass is 10.1. The number of amides is 1. The van der Waals surface area contributed by atoms with Gasteiger partial charge in [0.15, 0.2) is 0 Å². The van der Waals surface area contributed by atoms with Crippen LogP contribution < -0.4 is 10.1 Å². The van der Waals surface area contributed by atoms with Gasteiger partial charge in [-0.3, -0.25) is 19.7 Å². The third-order valence-electron chi connectivity index (χ3n) is 4.77. The fourth-order valence-electron chi connectivity index (χ4n) is 3.14. The number of carboxylic acids is 1. The molecule has 5 N–H and O–H groups in total. The van der Waals surface area contributed by atoms with Gasteiger partial charge in [0, 0.05) is 18.2 Å². The maximum absolute atomic E-state index is 12.5. The molecule has 34 heavy (non-hydrogen) atoms. The molecule has 11 nitrogen and oxygen atoms in total. The predicted molar refractivity (Wildman–Crippen MR) is 120 cm³/mol. The number of carboxylic acid groups (broad SMARTS) is 1. The second-order valence-electron chi connectivity index (χ2n) is 7.22. The molecule has 0 unspecified atom stereocenters. The molecule has 0 fully saturated rings. The molecule has 0 spiro atoms. The Morgan fingerprint density at radius 2 is 1.53 bits per heavy atom. The molecule has 3 aromatic carbocycles. The van der Waals surface area contributed by atoms with E-state index in [9.17, 15) is 35.0 Å². The van der Waals surface area contributed by atoms with Crippen LogP contribution in [0.25, 0.3) is 0 Å². The van der Waals surface area contributed by atoms with Crippen LogP contribution in [0.15, 0.2) is 54.6 Å². The molecule has 0 radical (unpaired) electrons. The Balaban J connectivity index is 1.65. The number of aryl methyl sites for hydroxylation is 1. The minimum absolute atomic E-state index is 0.101. The van der Waals surface area contributed by atoms with Gasteiger partial charge in [0.1, 0.15) is 22.8 Å². The Morgan fingerprint density at radius 1 is 0.941 bits per heavy atom. The molecule has 0 aliphatic heterocycles. The van der Waals surface area contributed by atoms with Gasteiger partial charge in [-0.05, 0) is 54.8 Å². The number of carbonyl (C=O) groups is 2. The van der Waals surface area contributed by atoms with Gasteiger partial charge in [0.2, 0.25) is 11.5 Å². The molecule has 0 aliphatic carbocycles. The number of nitrogens with zero attached hydrogens (tertiary/aromatic N) is 1. The van der Waals surface area contributed by atoms with Crippen LogP contribution in [0.5, 0.6) is 28.7 Å². The Labute approximate surface area is 192 Å². The number of aromatic hydroxyl groups is 3. The number of hydrogen-bond acceptors (Lipinski definition) is 8. The van der Waals surface area contributed by atoms with Gasteiger partial charge >= 0.3 is 11.7 Å². The molecule has 176 valence electrons. The topological polar surface area (TPSA) is 179 Å². The van der Waals surface area contributed by atoms with E-state index in [0.717, 1.165) is 5.56 Å². The number of carbonyl (C=O) groups excluding carboxylic acids is 1. The lowest BCUT2D eigenvalue weighted by molar-refractivity contribution is -0.386. The largest absolute Gasteiger partial charge is 0.507 e.